The van der Waals surface area contributed by atoms with Gasteiger partial charge < -0.3 is 25.9 Å². The first-order chi connectivity index (χ1) is 15.6. The predicted molar refractivity (Wildman–Crippen MR) is 130 cm³/mol. The number of nitrogens with one attached hydrogen (secondary N) is 4. The van der Waals surface area contributed by atoms with Gasteiger partial charge in [-0.2, -0.15) is 0 Å². The van der Waals surface area contributed by atoms with Crippen LogP contribution in [-0.4, -0.2) is 60.1 Å². The number of fused-ring (bicyclic) bond motifs is 1. The van der Waals surface area contributed by atoms with E-state index in [-0.39, 0.29) is 11.5 Å². The molecule has 1 amide bonds. The number of amides is 1. The molecule has 0 spiro atoms. The maximum absolute atomic E-state index is 12.6. The average molecular weight is 431 g/mol. The number of anilines is 1. The van der Waals surface area contributed by atoms with Crippen LogP contribution in [0.2, 0.25) is 0 Å². The predicted octanol–water partition coefficient (Wildman–Crippen LogP) is 3.18. The van der Waals surface area contributed by atoms with Gasteiger partial charge in [-0.1, -0.05) is 36.4 Å². The summed E-state index contributed by atoms with van der Waals surface area (Å²) >= 11 is 0. The Balaban J connectivity index is 1.38. The molecule has 1 aliphatic heterocycles. The van der Waals surface area contributed by atoms with Crippen molar-refractivity contribution < 1.29 is 4.79 Å². The number of hydrogen-bond donors (Lipinski definition) is 4. The van der Waals surface area contributed by atoms with E-state index in [1.165, 1.54) is 10.9 Å². The molecule has 32 heavy (non-hydrogen) atoms. The molecule has 166 valence electrons. The number of aromatic nitrogens is 1. The minimum atomic E-state index is -0.316. The summed E-state index contributed by atoms with van der Waals surface area (Å²) in [5.41, 5.74) is 4.34. The van der Waals surface area contributed by atoms with Crippen LogP contribution in [-0.2, 0) is 17.9 Å². The zero-order valence-electron chi connectivity index (χ0n) is 18.4. The monoisotopic (exact) mass is 430 g/mol. The number of benzene rings is 2. The Labute approximate surface area is 188 Å². The number of rotatable bonds is 8. The van der Waals surface area contributed by atoms with Gasteiger partial charge in [0.15, 0.2) is 0 Å². The third-order valence-corrected chi connectivity index (χ3v) is 5.84. The van der Waals surface area contributed by atoms with Crippen molar-refractivity contribution in [2.45, 2.75) is 13.1 Å². The summed E-state index contributed by atoms with van der Waals surface area (Å²) in [5.74, 6) is -0.316. The van der Waals surface area contributed by atoms with Gasteiger partial charge >= 0.3 is 0 Å². The number of aromatic amines is 1. The molecule has 0 atom stereocenters. The van der Waals surface area contributed by atoms with Crippen LogP contribution < -0.4 is 10.6 Å². The van der Waals surface area contributed by atoms with Crippen molar-refractivity contribution in [2.75, 3.05) is 38.5 Å². The van der Waals surface area contributed by atoms with Gasteiger partial charge in [-0.25, -0.2) is 0 Å². The number of carbonyl (C=O) groups is 1. The van der Waals surface area contributed by atoms with Crippen molar-refractivity contribution in [1.82, 2.24) is 20.1 Å². The van der Waals surface area contributed by atoms with Gasteiger partial charge in [0.25, 0.3) is 5.91 Å². The Bertz CT molecular complexity index is 1100. The van der Waals surface area contributed by atoms with Crippen LogP contribution in [0.5, 0.6) is 0 Å². The molecule has 4 N–H and O–H groups in total. The van der Waals surface area contributed by atoms with Crippen molar-refractivity contribution in [1.29, 1.82) is 5.41 Å². The van der Waals surface area contributed by atoms with Gasteiger partial charge in [0.1, 0.15) is 0 Å². The fourth-order valence-electron chi connectivity index (χ4n) is 3.89. The number of piperazine rings is 1. The first-order valence-corrected chi connectivity index (χ1v) is 10.9. The molecule has 1 aliphatic rings. The molecule has 1 aromatic heterocycles. The molecule has 1 fully saturated rings. The third-order valence-electron chi connectivity index (χ3n) is 5.84. The molecule has 3 aromatic rings. The quantitative estimate of drug-likeness (QED) is 0.327. The Hall–Kier alpha value is -3.42. The second-order valence-corrected chi connectivity index (χ2v) is 8.22. The van der Waals surface area contributed by atoms with Gasteiger partial charge in [0, 0.05) is 74.5 Å². The lowest BCUT2D eigenvalue weighted by Crippen LogP contribution is -2.43. The maximum Gasteiger partial charge on any atom is 0.258 e. The van der Waals surface area contributed by atoms with Crippen LogP contribution in [0.1, 0.15) is 11.1 Å². The van der Waals surface area contributed by atoms with E-state index in [1.54, 1.807) is 6.20 Å². The highest BCUT2D eigenvalue weighted by Crippen LogP contribution is 2.24. The normalized spacial score (nSPS) is 15.6. The molecule has 7 nitrogen and oxygen atoms in total. The highest BCUT2D eigenvalue weighted by Gasteiger charge is 2.16. The van der Waals surface area contributed by atoms with Crippen LogP contribution in [0.4, 0.5) is 5.69 Å². The summed E-state index contributed by atoms with van der Waals surface area (Å²) in [6, 6.07) is 15.8. The summed E-state index contributed by atoms with van der Waals surface area (Å²) in [5, 5.41) is 14.8. The van der Waals surface area contributed by atoms with Crippen LogP contribution in [0.15, 0.2) is 66.5 Å². The molecule has 0 radical (unpaired) electrons. The van der Waals surface area contributed by atoms with Gasteiger partial charge in [0.2, 0.25) is 0 Å². The highest BCUT2D eigenvalue weighted by molar-refractivity contribution is 6.17. The van der Waals surface area contributed by atoms with Crippen LogP contribution in [0, 0.1) is 5.41 Å². The fraction of sp³-hybridized carbons (Fsp3) is 0.280. The maximum atomic E-state index is 12.6. The zero-order valence-corrected chi connectivity index (χ0v) is 18.4. The Morgan fingerprint density at radius 3 is 2.66 bits per heavy atom. The fourth-order valence-corrected chi connectivity index (χ4v) is 3.89. The second kappa shape index (κ2) is 10.3. The number of H-pyrrole nitrogens is 1. The van der Waals surface area contributed by atoms with Crippen LogP contribution in [0.25, 0.3) is 10.9 Å². The largest absolute Gasteiger partial charge is 0.386 e. The molecular weight excluding hydrogens is 400 g/mol. The average Bonchev–Trinajstić information content (AvgIpc) is 3.20. The smallest absolute Gasteiger partial charge is 0.258 e. The molecule has 2 aromatic carbocycles. The van der Waals surface area contributed by atoms with Crippen molar-refractivity contribution in [3.8, 4) is 0 Å². The van der Waals surface area contributed by atoms with Gasteiger partial charge in [0.05, 0.1) is 5.57 Å². The van der Waals surface area contributed by atoms with Crippen molar-refractivity contribution in [2.24, 2.45) is 0 Å². The first-order valence-electron chi connectivity index (χ1n) is 10.9. The molecule has 0 aliphatic carbocycles. The Morgan fingerprint density at radius 2 is 1.91 bits per heavy atom. The lowest BCUT2D eigenvalue weighted by Gasteiger charge is -2.32. The molecule has 0 bridgehead atoms. The molecule has 0 unspecified atom stereocenters. The van der Waals surface area contributed by atoms with Crippen molar-refractivity contribution in [3.05, 3.63) is 77.6 Å². The number of carbonyl (C=O) groups excluding carboxylic acids is 1. The summed E-state index contributed by atoms with van der Waals surface area (Å²) < 4.78 is 0. The van der Waals surface area contributed by atoms with E-state index in [2.05, 4.69) is 38.7 Å². The topological polar surface area (TPSA) is 87.2 Å². The van der Waals surface area contributed by atoms with Gasteiger partial charge in [-0.15, -0.1) is 0 Å². The Morgan fingerprint density at radius 1 is 1.12 bits per heavy atom. The second-order valence-electron chi connectivity index (χ2n) is 8.22. The lowest BCUT2D eigenvalue weighted by atomic mass is 10.1. The molecule has 4 rings (SSSR count). The van der Waals surface area contributed by atoms with Crippen molar-refractivity contribution >= 4 is 28.7 Å². The summed E-state index contributed by atoms with van der Waals surface area (Å²) in [6.07, 6.45) is 4.70. The minimum absolute atomic E-state index is 0.267. The third kappa shape index (κ3) is 5.43. The number of hydrogen-bond acceptors (Lipinski definition) is 5. The standard InChI is InChI=1S/C25H30N6O/c1-30-9-11-31(12-10-30)18-21-17-28-24-13-22(7-8-23(21)24)29-25(32)20(14-26)16-27-15-19-5-3-2-4-6-19/h2-8,13-14,16-17,26-28H,9-12,15,18H2,1H3,(H,29,32)/b20-16+,26-14?. The molecule has 2 heterocycles. The number of likely N-dealkylation sites (N-methyl/N-ethyl adjacent to an activating group) is 1. The first kappa shape index (κ1) is 21.8. The van der Waals surface area contributed by atoms with E-state index in [0.29, 0.717) is 12.2 Å². The summed E-state index contributed by atoms with van der Waals surface area (Å²) in [7, 11) is 2.16. The van der Waals surface area contributed by atoms with E-state index in [9.17, 15) is 4.79 Å². The van der Waals surface area contributed by atoms with E-state index in [4.69, 9.17) is 5.41 Å². The van der Waals surface area contributed by atoms with Gasteiger partial charge in [-0.05, 0) is 30.3 Å². The highest BCUT2D eigenvalue weighted by atomic mass is 16.1. The molecule has 0 saturated carbocycles. The van der Waals surface area contributed by atoms with E-state index in [0.717, 1.165) is 50.0 Å². The molecule has 7 heteroatoms. The van der Waals surface area contributed by atoms with Gasteiger partial charge in [-0.3, -0.25) is 9.69 Å². The molecular formula is C25H30N6O. The zero-order chi connectivity index (χ0) is 22.3. The molecule has 1 saturated heterocycles. The lowest BCUT2D eigenvalue weighted by molar-refractivity contribution is -0.112. The van der Waals surface area contributed by atoms with E-state index >= 15 is 0 Å². The summed E-state index contributed by atoms with van der Waals surface area (Å²) in [6.45, 7) is 5.87. The SMILES string of the molecule is CN1CCN(Cc2c[nH]c3cc(NC(=O)/C(C=N)=C/NCc4ccccc4)ccc23)CC1. The summed E-state index contributed by atoms with van der Waals surface area (Å²) in [4.78, 5) is 20.8. The van der Waals surface area contributed by atoms with Crippen LogP contribution >= 0.6 is 0 Å². The van der Waals surface area contributed by atoms with Crippen molar-refractivity contribution in [3.63, 3.8) is 0 Å². The van der Waals surface area contributed by atoms with Crippen LogP contribution in [0.3, 0.4) is 0 Å². The van der Waals surface area contributed by atoms with E-state index in [1.807, 2.05) is 48.5 Å². The Kier molecular flexibility index (Phi) is 6.99. The van der Waals surface area contributed by atoms with E-state index < -0.39 is 0 Å². The minimum Gasteiger partial charge on any atom is -0.386 e. The number of nitrogens with zero attached hydrogens (tertiary/aromatic N) is 2.